The van der Waals surface area contributed by atoms with Crippen molar-refractivity contribution in [3.63, 3.8) is 0 Å². The van der Waals surface area contributed by atoms with Crippen molar-refractivity contribution < 1.29 is 14.0 Å². The summed E-state index contributed by atoms with van der Waals surface area (Å²) in [5.74, 6) is -0.748. The average Bonchev–Trinajstić information content (AvgIpc) is 2.72. The molecule has 0 aliphatic carbocycles. The second kappa shape index (κ2) is 11.9. The van der Waals surface area contributed by atoms with E-state index in [2.05, 4.69) is 5.32 Å². The lowest BCUT2D eigenvalue weighted by atomic mass is 10.1. The van der Waals surface area contributed by atoms with Crippen molar-refractivity contribution in [3.8, 4) is 0 Å². The molecule has 4 nitrogen and oxygen atoms in total. The summed E-state index contributed by atoms with van der Waals surface area (Å²) in [6, 6.07) is 10.4. The minimum absolute atomic E-state index is 0.0802. The highest BCUT2D eigenvalue weighted by atomic mass is 35.5. The molecule has 1 N–H and O–H groups in total. The Kier molecular flexibility index (Phi) is 9.60. The number of hydrogen-bond donors (Lipinski definition) is 1. The molecule has 0 saturated heterocycles. The van der Waals surface area contributed by atoms with Crippen LogP contribution in [0.2, 0.25) is 10.0 Å². The summed E-state index contributed by atoms with van der Waals surface area (Å²) < 4.78 is 13.3. The molecule has 0 fully saturated rings. The fraction of sp³-hybridized carbons (Fsp3) is 0.391. The zero-order valence-corrected chi connectivity index (χ0v) is 18.8. The average molecular weight is 453 g/mol. The summed E-state index contributed by atoms with van der Waals surface area (Å²) in [4.78, 5) is 27.6. The number of benzene rings is 2. The predicted octanol–water partition coefficient (Wildman–Crippen LogP) is 5.40. The number of hydrogen-bond acceptors (Lipinski definition) is 2. The second-order valence-corrected chi connectivity index (χ2v) is 7.96. The van der Waals surface area contributed by atoms with Crippen molar-refractivity contribution in [2.45, 2.75) is 52.1 Å². The van der Waals surface area contributed by atoms with Crippen LogP contribution >= 0.6 is 23.2 Å². The van der Waals surface area contributed by atoms with Crippen LogP contribution in [0.25, 0.3) is 0 Å². The van der Waals surface area contributed by atoms with Gasteiger partial charge in [-0.1, -0.05) is 61.7 Å². The minimum Gasteiger partial charge on any atom is -0.354 e. The lowest BCUT2D eigenvalue weighted by Gasteiger charge is -2.31. The molecule has 0 aliphatic rings. The maximum absolute atomic E-state index is 13.3. The number of rotatable bonds is 10. The number of amides is 2. The van der Waals surface area contributed by atoms with Gasteiger partial charge in [0.05, 0.1) is 16.5 Å². The van der Waals surface area contributed by atoms with Crippen LogP contribution < -0.4 is 5.32 Å². The van der Waals surface area contributed by atoms with E-state index in [1.54, 1.807) is 35.2 Å². The van der Waals surface area contributed by atoms with Gasteiger partial charge in [-0.25, -0.2) is 4.39 Å². The molecule has 0 saturated carbocycles. The van der Waals surface area contributed by atoms with Gasteiger partial charge in [0.15, 0.2) is 0 Å². The quantitative estimate of drug-likeness (QED) is 0.490. The van der Waals surface area contributed by atoms with Gasteiger partial charge in [0.1, 0.15) is 11.9 Å². The van der Waals surface area contributed by atoms with Gasteiger partial charge >= 0.3 is 0 Å². The Morgan fingerprint density at radius 3 is 2.30 bits per heavy atom. The van der Waals surface area contributed by atoms with E-state index in [-0.39, 0.29) is 30.6 Å². The van der Waals surface area contributed by atoms with Crippen LogP contribution in [-0.4, -0.2) is 29.3 Å². The Hall–Kier alpha value is -2.11. The monoisotopic (exact) mass is 452 g/mol. The number of nitrogens with one attached hydrogen (secondary N) is 1. The molecule has 0 aliphatic heterocycles. The summed E-state index contributed by atoms with van der Waals surface area (Å²) in [6.07, 6.45) is 2.38. The maximum atomic E-state index is 13.3. The Morgan fingerprint density at radius 2 is 1.70 bits per heavy atom. The zero-order valence-electron chi connectivity index (χ0n) is 17.3. The van der Waals surface area contributed by atoms with Gasteiger partial charge in [-0.3, -0.25) is 9.59 Å². The van der Waals surface area contributed by atoms with Crippen molar-refractivity contribution in [1.29, 1.82) is 0 Å². The number of nitrogens with zero attached hydrogens (tertiary/aromatic N) is 1. The van der Waals surface area contributed by atoms with E-state index < -0.39 is 6.04 Å². The number of carbonyl (C=O) groups excluding carboxylic acids is 2. The van der Waals surface area contributed by atoms with Gasteiger partial charge in [-0.15, -0.1) is 0 Å². The molecule has 0 bridgehead atoms. The molecule has 2 aromatic rings. The summed E-state index contributed by atoms with van der Waals surface area (Å²) >= 11 is 12.0. The standard InChI is InChI=1S/C23H27Cl2FN2O2/c1-3-5-12-27-23(30)21(4-2)28(15-16-6-9-18(26)10-7-16)22(29)14-17-8-11-19(24)20(25)13-17/h6-11,13,21H,3-5,12,14-15H2,1-2H3,(H,27,30). The number of unbranched alkanes of at least 4 members (excludes halogenated alkanes) is 1. The fourth-order valence-electron chi connectivity index (χ4n) is 3.14. The molecule has 0 heterocycles. The van der Waals surface area contributed by atoms with Gasteiger partial charge in [0.25, 0.3) is 0 Å². The van der Waals surface area contributed by atoms with E-state index in [0.29, 0.717) is 28.6 Å². The molecular formula is C23H27Cl2FN2O2. The third-order valence-corrected chi connectivity index (χ3v) is 5.56. The molecule has 7 heteroatoms. The normalized spacial score (nSPS) is 11.8. The zero-order chi connectivity index (χ0) is 22.1. The summed E-state index contributed by atoms with van der Waals surface area (Å²) in [6.45, 7) is 4.69. The Morgan fingerprint density at radius 1 is 1.03 bits per heavy atom. The van der Waals surface area contributed by atoms with Crippen LogP contribution in [0.3, 0.4) is 0 Å². The molecule has 2 amide bonds. The van der Waals surface area contributed by atoms with E-state index >= 15 is 0 Å². The smallest absolute Gasteiger partial charge is 0.242 e. The van der Waals surface area contributed by atoms with Crippen LogP contribution in [0.5, 0.6) is 0 Å². The van der Waals surface area contributed by atoms with Crippen molar-refractivity contribution in [2.24, 2.45) is 0 Å². The van der Waals surface area contributed by atoms with Crippen LogP contribution in [0.1, 0.15) is 44.2 Å². The molecule has 30 heavy (non-hydrogen) atoms. The molecule has 162 valence electrons. The van der Waals surface area contributed by atoms with E-state index in [1.165, 1.54) is 12.1 Å². The SMILES string of the molecule is CCCCNC(=O)C(CC)N(Cc1ccc(F)cc1)C(=O)Cc1ccc(Cl)c(Cl)c1. The molecular weight excluding hydrogens is 426 g/mol. The number of halogens is 3. The first-order valence-electron chi connectivity index (χ1n) is 10.1. The van der Waals surface area contributed by atoms with E-state index in [0.717, 1.165) is 18.4 Å². The lowest BCUT2D eigenvalue weighted by molar-refractivity contribution is -0.140. The summed E-state index contributed by atoms with van der Waals surface area (Å²) in [5.41, 5.74) is 1.46. The maximum Gasteiger partial charge on any atom is 0.242 e. The van der Waals surface area contributed by atoms with Gasteiger partial charge in [-0.05, 0) is 48.2 Å². The lowest BCUT2D eigenvalue weighted by Crippen LogP contribution is -2.49. The van der Waals surface area contributed by atoms with Crippen molar-refractivity contribution in [1.82, 2.24) is 10.2 Å². The van der Waals surface area contributed by atoms with E-state index in [1.807, 2.05) is 13.8 Å². The summed E-state index contributed by atoms with van der Waals surface area (Å²) in [7, 11) is 0. The van der Waals surface area contributed by atoms with Crippen LogP contribution in [0.4, 0.5) is 4.39 Å². The third kappa shape index (κ3) is 6.99. The summed E-state index contributed by atoms with van der Waals surface area (Å²) in [5, 5.41) is 3.70. The molecule has 1 unspecified atom stereocenters. The number of carbonyl (C=O) groups is 2. The van der Waals surface area contributed by atoms with Crippen molar-refractivity contribution in [3.05, 3.63) is 69.5 Å². The first-order chi connectivity index (χ1) is 14.3. The second-order valence-electron chi connectivity index (χ2n) is 7.14. The van der Waals surface area contributed by atoms with Crippen LogP contribution in [0.15, 0.2) is 42.5 Å². The minimum atomic E-state index is -0.623. The molecule has 2 rings (SSSR count). The van der Waals surface area contributed by atoms with Gasteiger partial charge in [0, 0.05) is 13.1 Å². The van der Waals surface area contributed by atoms with Crippen molar-refractivity contribution in [2.75, 3.05) is 6.54 Å². The van der Waals surface area contributed by atoms with Crippen LogP contribution in [0, 0.1) is 5.82 Å². The van der Waals surface area contributed by atoms with E-state index in [4.69, 9.17) is 23.2 Å². The highest BCUT2D eigenvalue weighted by molar-refractivity contribution is 6.42. The first kappa shape index (κ1) is 24.2. The first-order valence-corrected chi connectivity index (χ1v) is 10.9. The van der Waals surface area contributed by atoms with E-state index in [9.17, 15) is 14.0 Å². The Bertz CT molecular complexity index is 859. The Labute approximate surface area is 187 Å². The Balaban J connectivity index is 2.25. The molecule has 0 radical (unpaired) electrons. The highest BCUT2D eigenvalue weighted by Gasteiger charge is 2.28. The molecule has 1 atom stereocenters. The fourth-order valence-corrected chi connectivity index (χ4v) is 3.46. The highest BCUT2D eigenvalue weighted by Crippen LogP contribution is 2.23. The van der Waals surface area contributed by atoms with Crippen LogP contribution in [-0.2, 0) is 22.6 Å². The molecule has 2 aromatic carbocycles. The third-order valence-electron chi connectivity index (χ3n) is 4.82. The van der Waals surface area contributed by atoms with Gasteiger partial charge < -0.3 is 10.2 Å². The van der Waals surface area contributed by atoms with Gasteiger partial charge in [0.2, 0.25) is 11.8 Å². The largest absolute Gasteiger partial charge is 0.354 e. The van der Waals surface area contributed by atoms with Gasteiger partial charge in [-0.2, -0.15) is 0 Å². The topological polar surface area (TPSA) is 49.4 Å². The molecule has 0 aromatic heterocycles. The molecule has 0 spiro atoms. The van der Waals surface area contributed by atoms with Crippen molar-refractivity contribution >= 4 is 35.0 Å². The predicted molar refractivity (Wildman–Crippen MR) is 119 cm³/mol.